The first-order valence-electron chi connectivity index (χ1n) is 5.61. The zero-order valence-corrected chi connectivity index (χ0v) is 11.2. The van der Waals surface area contributed by atoms with E-state index in [1.165, 1.54) is 0 Å². The van der Waals surface area contributed by atoms with Gasteiger partial charge in [0.15, 0.2) is 0 Å². The van der Waals surface area contributed by atoms with E-state index < -0.39 is 5.54 Å². The number of ether oxygens (including phenoxy) is 1. The standard InChI is InChI=1S/C14H20N2O/c1-13(2,3)10-6-7-12(17-5)11(8-10)14(4,16)9-15/h6-8H,16H2,1-5H3. The minimum absolute atomic E-state index is 0.0204. The molecule has 1 aromatic carbocycles. The van der Waals surface area contributed by atoms with Crippen LogP contribution in [0.15, 0.2) is 18.2 Å². The molecule has 0 saturated carbocycles. The molecule has 92 valence electrons. The Labute approximate surface area is 103 Å². The maximum Gasteiger partial charge on any atom is 0.130 e. The number of rotatable bonds is 2. The smallest absolute Gasteiger partial charge is 0.130 e. The number of nitrogens with zero attached hydrogens (tertiary/aromatic N) is 1. The van der Waals surface area contributed by atoms with Gasteiger partial charge in [-0.2, -0.15) is 5.26 Å². The van der Waals surface area contributed by atoms with E-state index in [2.05, 4.69) is 26.8 Å². The van der Waals surface area contributed by atoms with E-state index in [1.807, 2.05) is 18.2 Å². The summed E-state index contributed by atoms with van der Waals surface area (Å²) in [5.41, 5.74) is 6.84. The Morgan fingerprint density at radius 2 is 1.82 bits per heavy atom. The van der Waals surface area contributed by atoms with Crippen LogP contribution in [0.3, 0.4) is 0 Å². The maximum atomic E-state index is 9.13. The van der Waals surface area contributed by atoms with E-state index in [1.54, 1.807) is 14.0 Å². The van der Waals surface area contributed by atoms with Crippen LogP contribution in [0, 0.1) is 11.3 Å². The molecule has 0 aliphatic carbocycles. The van der Waals surface area contributed by atoms with Crippen LogP contribution in [-0.2, 0) is 11.0 Å². The quantitative estimate of drug-likeness (QED) is 0.852. The molecule has 1 aromatic rings. The van der Waals surface area contributed by atoms with Crippen LogP contribution in [0.25, 0.3) is 0 Å². The number of nitrogens with two attached hydrogens (primary N) is 1. The molecule has 1 atom stereocenters. The van der Waals surface area contributed by atoms with Crippen molar-refractivity contribution in [3.05, 3.63) is 29.3 Å². The molecule has 0 radical (unpaired) electrons. The average molecular weight is 232 g/mol. The predicted octanol–water partition coefficient (Wildman–Crippen LogP) is 2.69. The predicted molar refractivity (Wildman–Crippen MR) is 68.8 cm³/mol. The van der Waals surface area contributed by atoms with Gasteiger partial charge in [0.2, 0.25) is 0 Å². The van der Waals surface area contributed by atoms with Crippen LogP contribution in [0.4, 0.5) is 0 Å². The lowest BCUT2D eigenvalue weighted by molar-refractivity contribution is 0.400. The second kappa shape index (κ2) is 4.38. The minimum atomic E-state index is -1.04. The monoisotopic (exact) mass is 232 g/mol. The van der Waals surface area contributed by atoms with Gasteiger partial charge in [-0.1, -0.05) is 26.8 Å². The molecular weight excluding hydrogens is 212 g/mol. The van der Waals surface area contributed by atoms with Crippen molar-refractivity contribution in [2.75, 3.05) is 7.11 Å². The third-order valence-electron chi connectivity index (χ3n) is 2.86. The fourth-order valence-electron chi connectivity index (χ4n) is 1.64. The van der Waals surface area contributed by atoms with Gasteiger partial charge >= 0.3 is 0 Å². The van der Waals surface area contributed by atoms with Crippen LogP contribution in [0.1, 0.15) is 38.8 Å². The topological polar surface area (TPSA) is 59.0 Å². The van der Waals surface area contributed by atoms with Crippen LogP contribution >= 0.6 is 0 Å². The van der Waals surface area contributed by atoms with Gasteiger partial charge in [0.1, 0.15) is 11.3 Å². The Hall–Kier alpha value is -1.53. The van der Waals surface area contributed by atoms with Crippen molar-refractivity contribution in [3.8, 4) is 11.8 Å². The molecule has 0 bridgehead atoms. The minimum Gasteiger partial charge on any atom is -0.496 e. The highest BCUT2D eigenvalue weighted by Gasteiger charge is 2.26. The lowest BCUT2D eigenvalue weighted by Crippen LogP contribution is -2.32. The molecule has 3 nitrogen and oxygen atoms in total. The maximum absolute atomic E-state index is 9.13. The SMILES string of the molecule is COc1ccc(C(C)(C)C)cc1C(C)(N)C#N. The molecule has 1 unspecified atom stereocenters. The van der Waals surface area contributed by atoms with Crippen LogP contribution in [0.5, 0.6) is 5.75 Å². The third kappa shape index (κ3) is 2.78. The van der Waals surface area contributed by atoms with E-state index in [-0.39, 0.29) is 5.41 Å². The summed E-state index contributed by atoms with van der Waals surface area (Å²) < 4.78 is 5.27. The molecule has 0 aliphatic heterocycles. The lowest BCUT2D eigenvalue weighted by Gasteiger charge is -2.25. The van der Waals surface area contributed by atoms with Crippen molar-refractivity contribution in [2.24, 2.45) is 5.73 Å². The molecule has 0 amide bonds. The molecule has 0 spiro atoms. The first-order chi connectivity index (χ1) is 7.72. The zero-order chi connectivity index (χ0) is 13.3. The summed E-state index contributed by atoms with van der Waals surface area (Å²) in [6.45, 7) is 8.06. The molecule has 1 rings (SSSR count). The van der Waals surface area contributed by atoms with Gasteiger partial charge in [-0.05, 0) is 30.0 Å². The van der Waals surface area contributed by atoms with Crippen molar-refractivity contribution in [2.45, 2.75) is 38.6 Å². The summed E-state index contributed by atoms with van der Waals surface area (Å²) in [5.74, 6) is 0.657. The molecule has 0 aliphatic rings. The highest BCUT2D eigenvalue weighted by atomic mass is 16.5. The van der Waals surface area contributed by atoms with E-state index in [9.17, 15) is 0 Å². The molecule has 2 N–H and O–H groups in total. The molecule has 0 saturated heterocycles. The van der Waals surface area contributed by atoms with E-state index in [0.717, 1.165) is 11.1 Å². The Balaban J connectivity index is 3.42. The second-order valence-electron chi connectivity index (χ2n) is 5.48. The average Bonchev–Trinajstić information content (AvgIpc) is 2.27. The van der Waals surface area contributed by atoms with Crippen molar-refractivity contribution in [3.63, 3.8) is 0 Å². The summed E-state index contributed by atoms with van der Waals surface area (Å²) in [6.07, 6.45) is 0. The summed E-state index contributed by atoms with van der Waals surface area (Å²) in [6, 6.07) is 7.95. The number of benzene rings is 1. The van der Waals surface area contributed by atoms with Crippen LogP contribution in [-0.4, -0.2) is 7.11 Å². The van der Waals surface area contributed by atoms with Gasteiger partial charge in [0.05, 0.1) is 13.2 Å². The summed E-state index contributed by atoms with van der Waals surface area (Å²) in [7, 11) is 1.59. The lowest BCUT2D eigenvalue weighted by atomic mass is 9.83. The number of methoxy groups -OCH3 is 1. The largest absolute Gasteiger partial charge is 0.496 e. The summed E-state index contributed by atoms with van der Waals surface area (Å²) in [5, 5.41) is 9.13. The fourth-order valence-corrected chi connectivity index (χ4v) is 1.64. The van der Waals surface area contributed by atoms with Gasteiger partial charge < -0.3 is 10.5 Å². The van der Waals surface area contributed by atoms with Crippen molar-refractivity contribution >= 4 is 0 Å². The zero-order valence-electron chi connectivity index (χ0n) is 11.2. The Morgan fingerprint density at radius 1 is 1.24 bits per heavy atom. The van der Waals surface area contributed by atoms with Crippen LogP contribution in [0.2, 0.25) is 0 Å². The molecule has 17 heavy (non-hydrogen) atoms. The molecular formula is C14H20N2O. The van der Waals surface area contributed by atoms with Crippen molar-refractivity contribution in [1.29, 1.82) is 5.26 Å². The molecule has 0 fully saturated rings. The third-order valence-corrected chi connectivity index (χ3v) is 2.86. The first kappa shape index (κ1) is 13.5. The molecule has 0 heterocycles. The number of hydrogen-bond donors (Lipinski definition) is 1. The Bertz CT molecular complexity index is 450. The van der Waals surface area contributed by atoms with E-state index >= 15 is 0 Å². The van der Waals surface area contributed by atoms with E-state index in [4.69, 9.17) is 15.7 Å². The highest BCUT2D eigenvalue weighted by molar-refractivity contribution is 5.46. The van der Waals surface area contributed by atoms with Gasteiger partial charge in [0.25, 0.3) is 0 Å². The van der Waals surface area contributed by atoms with Crippen molar-refractivity contribution in [1.82, 2.24) is 0 Å². The summed E-state index contributed by atoms with van der Waals surface area (Å²) >= 11 is 0. The Kier molecular flexibility index (Phi) is 3.49. The molecule has 0 aromatic heterocycles. The second-order valence-corrected chi connectivity index (χ2v) is 5.48. The molecule has 3 heteroatoms. The van der Waals surface area contributed by atoms with Crippen molar-refractivity contribution < 1.29 is 4.74 Å². The number of hydrogen-bond acceptors (Lipinski definition) is 3. The van der Waals surface area contributed by atoms with Gasteiger partial charge in [-0.3, -0.25) is 0 Å². The van der Waals surface area contributed by atoms with Gasteiger partial charge in [0, 0.05) is 5.56 Å². The first-order valence-corrected chi connectivity index (χ1v) is 5.61. The van der Waals surface area contributed by atoms with Gasteiger partial charge in [-0.15, -0.1) is 0 Å². The van der Waals surface area contributed by atoms with E-state index in [0.29, 0.717) is 5.75 Å². The normalized spacial score (nSPS) is 14.9. The highest BCUT2D eigenvalue weighted by Crippen LogP contribution is 2.32. The Morgan fingerprint density at radius 3 is 2.24 bits per heavy atom. The summed E-state index contributed by atoms with van der Waals surface area (Å²) in [4.78, 5) is 0. The fraction of sp³-hybridized carbons (Fsp3) is 0.500. The number of nitriles is 1. The van der Waals surface area contributed by atoms with Gasteiger partial charge in [-0.25, -0.2) is 0 Å². The van der Waals surface area contributed by atoms with Crippen LogP contribution < -0.4 is 10.5 Å².